The number of nitrogens with two attached hydrogens (primary N) is 1. The van der Waals surface area contributed by atoms with Crippen LogP contribution in [0.3, 0.4) is 0 Å². The molecular formula is C25H28N3+. The van der Waals surface area contributed by atoms with Crippen LogP contribution in [0.1, 0.15) is 43.1 Å². The average Bonchev–Trinajstić information content (AvgIpc) is 3.06. The van der Waals surface area contributed by atoms with Crippen LogP contribution in [0.25, 0.3) is 21.8 Å². The van der Waals surface area contributed by atoms with Gasteiger partial charge in [0, 0.05) is 42.2 Å². The topological polar surface area (TPSA) is 42.8 Å². The predicted molar refractivity (Wildman–Crippen MR) is 117 cm³/mol. The number of aryl methyl sites for hydroxylation is 1. The van der Waals surface area contributed by atoms with Gasteiger partial charge in [-0.25, -0.2) is 4.98 Å². The molecule has 2 aromatic heterocycles. The molecule has 1 aliphatic heterocycles. The van der Waals surface area contributed by atoms with E-state index in [0.29, 0.717) is 11.9 Å². The molecule has 0 saturated carbocycles. The zero-order chi connectivity index (χ0) is 19.7. The van der Waals surface area contributed by atoms with Crippen LogP contribution in [0, 0.1) is 6.92 Å². The number of nitrogens with zero attached hydrogens (tertiary/aromatic N) is 2. The van der Waals surface area contributed by atoms with Gasteiger partial charge < -0.3 is 5.73 Å². The second kappa shape index (κ2) is 7.59. The summed E-state index contributed by atoms with van der Waals surface area (Å²) >= 11 is 0. The number of hydrogen-bond acceptors (Lipinski definition) is 2. The zero-order valence-electron chi connectivity index (χ0n) is 16.9. The van der Waals surface area contributed by atoms with Crippen molar-refractivity contribution in [3.8, 4) is 0 Å². The van der Waals surface area contributed by atoms with E-state index in [4.69, 9.17) is 5.73 Å². The number of para-hydroxylation sites is 2. The molecule has 1 atom stereocenters. The normalized spacial score (nSPS) is 14.9. The van der Waals surface area contributed by atoms with Crippen LogP contribution in [0.2, 0.25) is 0 Å². The van der Waals surface area contributed by atoms with Gasteiger partial charge in [-0.3, -0.25) is 0 Å². The van der Waals surface area contributed by atoms with Gasteiger partial charge in [0.2, 0.25) is 5.52 Å². The zero-order valence-corrected chi connectivity index (χ0v) is 16.9. The van der Waals surface area contributed by atoms with Crippen molar-refractivity contribution in [3.05, 3.63) is 77.5 Å². The van der Waals surface area contributed by atoms with E-state index in [2.05, 4.69) is 84.9 Å². The van der Waals surface area contributed by atoms with Crippen LogP contribution in [-0.2, 0) is 12.8 Å². The van der Waals surface area contributed by atoms with Crippen molar-refractivity contribution in [2.45, 2.75) is 46.1 Å². The first kappa shape index (κ1) is 18.4. The molecule has 3 heterocycles. The van der Waals surface area contributed by atoms with Crippen molar-refractivity contribution in [3.63, 3.8) is 0 Å². The van der Waals surface area contributed by atoms with Gasteiger partial charge in [-0.15, -0.1) is 0 Å². The molecule has 2 N–H and O–H groups in total. The molecular weight excluding hydrogens is 342 g/mol. The Morgan fingerprint density at radius 3 is 2.50 bits per heavy atom. The van der Waals surface area contributed by atoms with Crippen LogP contribution in [-0.4, -0.2) is 4.98 Å². The van der Waals surface area contributed by atoms with Crippen molar-refractivity contribution < 1.29 is 4.57 Å². The molecule has 0 aliphatic carbocycles. The third kappa shape index (κ3) is 3.22. The fraction of sp³-hybridized carbons (Fsp3) is 0.280. The second-order valence-electron chi connectivity index (χ2n) is 7.69. The third-order valence-corrected chi connectivity index (χ3v) is 5.38. The van der Waals surface area contributed by atoms with E-state index in [1.54, 1.807) is 0 Å². The molecule has 28 heavy (non-hydrogen) atoms. The molecule has 2 aromatic carbocycles. The maximum atomic E-state index is 5.94. The summed E-state index contributed by atoms with van der Waals surface area (Å²) in [5.74, 6) is 0.584. The lowest BCUT2D eigenvalue weighted by atomic mass is 9.99. The summed E-state index contributed by atoms with van der Waals surface area (Å²) in [7, 11) is 0. The molecule has 0 fully saturated rings. The van der Waals surface area contributed by atoms with Crippen molar-refractivity contribution in [2.75, 3.05) is 5.73 Å². The predicted octanol–water partition coefficient (Wildman–Crippen LogP) is 5.32. The lowest BCUT2D eigenvalue weighted by molar-refractivity contribution is -0.696. The SMILES string of the molecule is CCC.Cc1ccc2cccc3c2[n+]1[C@H](Cc1cccc2ccc(N)nc12)C3. The largest absolute Gasteiger partial charge is 0.384 e. The summed E-state index contributed by atoms with van der Waals surface area (Å²) in [6, 6.07) is 21.9. The molecule has 0 bridgehead atoms. The van der Waals surface area contributed by atoms with Gasteiger partial charge >= 0.3 is 0 Å². The average molecular weight is 371 g/mol. The van der Waals surface area contributed by atoms with Gasteiger partial charge in [0.1, 0.15) is 5.82 Å². The Balaban J connectivity index is 0.000000604. The van der Waals surface area contributed by atoms with Crippen molar-refractivity contribution in [2.24, 2.45) is 0 Å². The second-order valence-corrected chi connectivity index (χ2v) is 7.69. The summed E-state index contributed by atoms with van der Waals surface area (Å²) in [4.78, 5) is 4.61. The number of benzene rings is 2. The van der Waals surface area contributed by atoms with Crippen LogP contribution in [0.4, 0.5) is 5.82 Å². The summed E-state index contributed by atoms with van der Waals surface area (Å²) in [6.07, 6.45) is 3.29. The highest BCUT2D eigenvalue weighted by Gasteiger charge is 2.34. The van der Waals surface area contributed by atoms with Crippen molar-refractivity contribution in [1.82, 2.24) is 4.98 Å². The van der Waals surface area contributed by atoms with Crippen LogP contribution < -0.4 is 10.3 Å². The first-order valence-electron chi connectivity index (χ1n) is 10.2. The van der Waals surface area contributed by atoms with Crippen molar-refractivity contribution >= 4 is 27.6 Å². The van der Waals surface area contributed by atoms with Crippen LogP contribution in [0.15, 0.2) is 60.7 Å². The Morgan fingerprint density at radius 2 is 1.68 bits per heavy atom. The molecule has 0 saturated heterocycles. The summed E-state index contributed by atoms with van der Waals surface area (Å²) in [5.41, 5.74) is 12.4. The van der Waals surface area contributed by atoms with E-state index in [0.717, 1.165) is 23.7 Å². The quantitative estimate of drug-likeness (QED) is 0.485. The fourth-order valence-corrected chi connectivity index (χ4v) is 4.29. The fourth-order valence-electron chi connectivity index (χ4n) is 4.29. The number of rotatable bonds is 2. The standard InChI is InChI=1S/C22H20N3.C3H8/c1-14-8-9-16-5-3-7-18-13-19(25(14)22(16)18)12-17-6-2-4-15-10-11-20(23)24-21(15)17;1-3-2/h2-11,19H,12-13H2,1H3,(H2,23,24);3H2,1-2H3/q+1;/t19-;/m1./s1. The van der Waals surface area contributed by atoms with E-state index in [9.17, 15) is 0 Å². The maximum Gasteiger partial charge on any atom is 0.216 e. The highest BCUT2D eigenvalue weighted by Crippen LogP contribution is 2.30. The van der Waals surface area contributed by atoms with Crippen LogP contribution in [0.5, 0.6) is 0 Å². The molecule has 1 aliphatic rings. The van der Waals surface area contributed by atoms with E-state index >= 15 is 0 Å². The van der Waals surface area contributed by atoms with Gasteiger partial charge in [-0.1, -0.05) is 50.6 Å². The van der Waals surface area contributed by atoms with Gasteiger partial charge in [0.15, 0.2) is 11.7 Å². The molecule has 0 spiro atoms. The van der Waals surface area contributed by atoms with E-state index in [1.165, 1.54) is 34.1 Å². The number of fused-ring (bicyclic) bond motifs is 1. The Bertz CT molecular complexity index is 1150. The van der Waals surface area contributed by atoms with E-state index in [-0.39, 0.29) is 0 Å². The highest BCUT2D eigenvalue weighted by atomic mass is 15.0. The third-order valence-electron chi connectivity index (χ3n) is 5.38. The molecule has 0 unspecified atom stereocenters. The first-order chi connectivity index (χ1) is 13.6. The highest BCUT2D eigenvalue weighted by molar-refractivity contribution is 5.83. The Labute approximate surface area is 166 Å². The number of hydrogen-bond donors (Lipinski definition) is 1. The van der Waals surface area contributed by atoms with Gasteiger partial charge in [0.25, 0.3) is 0 Å². The Kier molecular flexibility index (Phi) is 4.99. The van der Waals surface area contributed by atoms with Gasteiger partial charge in [-0.2, -0.15) is 4.57 Å². The molecule has 0 amide bonds. The number of pyridine rings is 2. The smallest absolute Gasteiger partial charge is 0.216 e. The van der Waals surface area contributed by atoms with E-state index < -0.39 is 0 Å². The van der Waals surface area contributed by atoms with E-state index in [1.807, 2.05) is 6.07 Å². The molecule has 142 valence electrons. The minimum absolute atomic E-state index is 0.426. The summed E-state index contributed by atoms with van der Waals surface area (Å²) in [5, 5.41) is 2.48. The van der Waals surface area contributed by atoms with Gasteiger partial charge in [-0.05, 0) is 29.8 Å². The number of aromatic nitrogens is 2. The summed E-state index contributed by atoms with van der Waals surface area (Å²) < 4.78 is 2.51. The molecule has 5 rings (SSSR count). The minimum Gasteiger partial charge on any atom is -0.384 e. The minimum atomic E-state index is 0.426. The molecule has 3 heteroatoms. The monoisotopic (exact) mass is 370 g/mol. The lowest BCUT2D eigenvalue weighted by Gasteiger charge is -2.11. The Hall–Kier alpha value is -2.94. The Morgan fingerprint density at radius 1 is 0.964 bits per heavy atom. The lowest BCUT2D eigenvalue weighted by Crippen LogP contribution is -2.41. The van der Waals surface area contributed by atoms with Crippen LogP contribution >= 0.6 is 0 Å². The molecule has 4 aromatic rings. The maximum absolute atomic E-state index is 5.94. The number of anilines is 1. The molecule has 3 nitrogen and oxygen atoms in total. The summed E-state index contributed by atoms with van der Waals surface area (Å²) in [6.45, 7) is 6.45. The van der Waals surface area contributed by atoms with Crippen molar-refractivity contribution in [1.29, 1.82) is 0 Å². The number of nitrogen functional groups attached to an aromatic ring is 1. The first-order valence-corrected chi connectivity index (χ1v) is 10.2. The van der Waals surface area contributed by atoms with Gasteiger partial charge in [0.05, 0.1) is 5.52 Å². The molecule has 0 radical (unpaired) electrons.